The van der Waals surface area contributed by atoms with Crippen molar-refractivity contribution in [2.45, 2.75) is 12.1 Å². The number of hydrogen-bond donors (Lipinski definition) is 2. The fraction of sp³-hybridized carbons (Fsp3) is 0.148. The molecule has 0 bridgehead atoms. The molecule has 1 aliphatic rings. The Morgan fingerprint density at radius 3 is 2.77 bits per heavy atom. The highest BCUT2D eigenvalue weighted by Crippen LogP contribution is 2.44. The van der Waals surface area contributed by atoms with E-state index in [1.54, 1.807) is 42.6 Å². The highest BCUT2D eigenvalue weighted by molar-refractivity contribution is 7.80. The maximum absolute atomic E-state index is 12.0. The van der Waals surface area contributed by atoms with Gasteiger partial charge < -0.3 is 24.7 Å². The van der Waals surface area contributed by atoms with Crippen molar-refractivity contribution >= 4 is 51.9 Å². The third kappa shape index (κ3) is 5.46. The number of non-ortho nitro benzene ring substituents is 1. The first-order valence-electron chi connectivity index (χ1n) is 11.8. The summed E-state index contributed by atoms with van der Waals surface area (Å²) in [6, 6.07) is 19.8. The second kappa shape index (κ2) is 11.2. The third-order valence-electron chi connectivity index (χ3n) is 6.14. The molecule has 0 spiro atoms. The van der Waals surface area contributed by atoms with E-state index in [-0.39, 0.29) is 24.2 Å². The smallest absolute Gasteiger partial charge is 0.270 e. The van der Waals surface area contributed by atoms with Gasteiger partial charge in [-0.1, -0.05) is 29.8 Å². The van der Waals surface area contributed by atoms with Crippen LogP contribution < -0.4 is 15.5 Å². The van der Waals surface area contributed by atoms with E-state index >= 15 is 0 Å². The quantitative estimate of drug-likeness (QED) is 0.159. The number of methoxy groups -OCH3 is 1. The molecule has 0 saturated carbocycles. The number of aromatic nitrogens is 1. The van der Waals surface area contributed by atoms with Crippen molar-refractivity contribution in [2.75, 3.05) is 23.9 Å². The Hall–Kier alpha value is -4.32. The maximum atomic E-state index is 12.0. The molecule has 2 unspecified atom stereocenters. The lowest BCUT2D eigenvalue weighted by Crippen LogP contribution is -2.29. The molecule has 12 heteroatoms. The molecule has 10 nitrogen and oxygen atoms in total. The summed E-state index contributed by atoms with van der Waals surface area (Å²) in [6.45, 7) is -0.0998. The molecular weight excluding hydrogens is 542 g/mol. The van der Waals surface area contributed by atoms with Crippen LogP contribution in [0.1, 0.15) is 23.5 Å². The second-order valence-corrected chi connectivity index (χ2v) is 9.45. The summed E-state index contributed by atoms with van der Waals surface area (Å²) in [4.78, 5) is 29.2. The fourth-order valence-electron chi connectivity index (χ4n) is 4.43. The van der Waals surface area contributed by atoms with Gasteiger partial charge in [0.05, 0.1) is 27.4 Å². The lowest BCUT2D eigenvalue weighted by molar-refractivity contribution is -0.384. The normalized spacial score (nSPS) is 16.7. The summed E-state index contributed by atoms with van der Waals surface area (Å²) < 4.78 is 11.1. The van der Waals surface area contributed by atoms with Crippen molar-refractivity contribution < 1.29 is 18.9 Å². The standard InChI is InChI=1S/C27H22ClN5O5S/c1-37-15-24(34)30-20-9-8-17(14-19(20)28)32-26(25(31-27(32)39)21-7-2-3-12-29-21)23-11-10-22(38-23)16-5-4-6-18(13-16)33(35)36/h2-14,25-26H,15H2,1H3,(H,30,34)(H,31,39). The van der Waals surface area contributed by atoms with E-state index in [2.05, 4.69) is 15.6 Å². The molecule has 1 amide bonds. The predicted molar refractivity (Wildman–Crippen MR) is 151 cm³/mol. The first-order chi connectivity index (χ1) is 18.9. The molecular formula is C27H22ClN5O5S. The molecule has 4 aromatic rings. The summed E-state index contributed by atoms with van der Waals surface area (Å²) >= 11 is 12.3. The number of thiocarbonyl (C=S) groups is 1. The largest absolute Gasteiger partial charge is 0.459 e. The molecule has 1 aliphatic heterocycles. The monoisotopic (exact) mass is 563 g/mol. The molecule has 0 radical (unpaired) electrons. The Kier molecular flexibility index (Phi) is 7.55. The van der Waals surface area contributed by atoms with Crippen molar-refractivity contribution in [3.8, 4) is 11.3 Å². The van der Waals surface area contributed by atoms with Gasteiger partial charge in [-0.3, -0.25) is 19.9 Å². The van der Waals surface area contributed by atoms with Gasteiger partial charge in [-0.25, -0.2) is 0 Å². The summed E-state index contributed by atoms with van der Waals surface area (Å²) in [5.41, 5.74) is 2.39. The number of carbonyl (C=O) groups excluding carboxylic acids is 1. The Morgan fingerprint density at radius 2 is 2.05 bits per heavy atom. The van der Waals surface area contributed by atoms with Crippen molar-refractivity contribution in [3.63, 3.8) is 0 Å². The number of halogens is 1. The number of nitro groups is 1. The Labute approximate surface area is 233 Å². The lowest BCUT2D eigenvalue weighted by Gasteiger charge is -2.26. The zero-order valence-corrected chi connectivity index (χ0v) is 22.1. The first kappa shape index (κ1) is 26.3. The van der Waals surface area contributed by atoms with Gasteiger partial charge >= 0.3 is 0 Å². The number of nitrogens with one attached hydrogen (secondary N) is 2. The van der Waals surface area contributed by atoms with Crippen LogP contribution in [0.4, 0.5) is 17.1 Å². The maximum Gasteiger partial charge on any atom is 0.270 e. The van der Waals surface area contributed by atoms with E-state index in [4.69, 9.17) is 33.0 Å². The van der Waals surface area contributed by atoms with Gasteiger partial charge in [-0.05, 0) is 54.7 Å². The molecule has 2 atom stereocenters. The third-order valence-corrected chi connectivity index (χ3v) is 6.77. The topological polar surface area (TPSA) is 123 Å². The summed E-state index contributed by atoms with van der Waals surface area (Å²) in [5, 5.41) is 18.1. The fourth-order valence-corrected chi connectivity index (χ4v) is 5.00. The average Bonchev–Trinajstić information content (AvgIpc) is 3.55. The van der Waals surface area contributed by atoms with E-state index in [1.165, 1.54) is 19.2 Å². The van der Waals surface area contributed by atoms with Gasteiger partial charge in [-0.15, -0.1) is 0 Å². The molecule has 198 valence electrons. The average molecular weight is 564 g/mol. The summed E-state index contributed by atoms with van der Waals surface area (Å²) in [6.07, 6.45) is 1.70. The second-order valence-electron chi connectivity index (χ2n) is 8.65. The number of furan rings is 1. The van der Waals surface area contributed by atoms with Gasteiger partial charge in [0.15, 0.2) is 5.11 Å². The zero-order valence-electron chi connectivity index (χ0n) is 20.5. The van der Waals surface area contributed by atoms with Crippen LogP contribution in [0.5, 0.6) is 0 Å². The van der Waals surface area contributed by atoms with Crippen molar-refractivity contribution in [2.24, 2.45) is 0 Å². The van der Waals surface area contributed by atoms with Crippen LogP contribution in [0.2, 0.25) is 5.02 Å². The number of nitro benzene ring substituents is 1. The van der Waals surface area contributed by atoms with Crippen LogP contribution in [0, 0.1) is 10.1 Å². The van der Waals surface area contributed by atoms with Crippen LogP contribution >= 0.6 is 23.8 Å². The minimum absolute atomic E-state index is 0.0329. The zero-order chi connectivity index (χ0) is 27.5. The SMILES string of the molecule is COCC(=O)Nc1ccc(N2C(=S)NC(c3ccccn3)C2c2ccc(-c3cccc([N+](=O)[O-])c3)o2)cc1Cl. The van der Waals surface area contributed by atoms with Gasteiger partial charge in [0, 0.05) is 36.7 Å². The molecule has 3 heterocycles. The first-order valence-corrected chi connectivity index (χ1v) is 12.6. The lowest BCUT2D eigenvalue weighted by atomic mass is 10.0. The van der Waals surface area contributed by atoms with Gasteiger partial charge in [0.1, 0.15) is 24.2 Å². The van der Waals surface area contributed by atoms with E-state index in [0.29, 0.717) is 38.6 Å². The molecule has 2 aromatic heterocycles. The van der Waals surface area contributed by atoms with Gasteiger partial charge in [0.2, 0.25) is 5.91 Å². The number of carbonyl (C=O) groups is 1. The van der Waals surface area contributed by atoms with Crippen LogP contribution in [0.25, 0.3) is 11.3 Å². The van der Waals surface area contributed by atoms with Crippen molar-refractivity contribution in [3.05, 3.63) is 106 Å². The van der Waals surface area contributed by atoms with Gasteiger partial charge in [0.25, 0.3) is 5.69 Å². The molecule has 0 aliphatic carbocycles. The highest BCUT2D eigenvalue weighted by Gasteiger charge is 2.42. The number of pyridine rings is 1. The number of rotatable bonds is 8. The molecule has 1 saturated heterocycles. The molecule has 2 aromatic carbocycles. The number of hydrogen-bond acceptors (Lipinski definition) is 7. The van der Waals surface area contributed by atoms with E-state index in [0.717, 1.165) is 5.69 Å². The van der Waals surface area contributed by atoms with Gasteiger partial charge in [-0.2, -0.15) is 0 Å². The molecule has 5 rings (SSSR count). The number of nitrogens with zero attached hydrogens (tertiary/aromatic N) is 3. The summed E-state index contributed by atoms with van der Waals surface area (Å²) in [5.74, 6) is 0.705. The highest BCUT2D eigenvalue weighted by atomic mass is 35.5. The number of benzene rings is 2. The number of amides is 1. The Balaban J connectivity index is 1.54. The van der Waals surface area contributed by atoms with E-state index < -0.39 is 11.0 Å². The molecule has 39 heavy (non-hydrogen) atoms. The molecule has 2 N–H and O–H groups in total. The van der Waals surface area contributed by atoms with Crippen molar-refractivity contribution in [1.82, 2.24) is 10.3 Å². The van der Waals surface area contributed by atoms with Crippen LogP contribution in [-0.4, -0.2) is 34.6 Å². The van der Waals surface area contributed by atoms with E-state index in [1.807, 2.05) is 29.2 Å². The van der Waals surface area contributed by atoms with Crippen LogP contribution in [0.15, 0.2) is 83.4 Å². The predicted octanol–water partition coefficient (Wildman–Crippen LogP) is 5.67. The van der Waals surface area contributed by atoms with E-state index in [9.17, 15) is 14.9 Å². The Morgan fingerprint density at radius 1 is 1.21 bits per heavy atom. The number of anilines is 2. The van der Waals surface area contributed by atoms with Crippen molar-refractivity contribution in [1.29, 1.82) is 0 Å². The summed E-state index contributed by atoms with van der Waals surface area (Å²) in [7, 11) is 1.43. The number of ether oxygens (including phenoxy) is 1. The Bertz CT molecular complexity index is 1550. The minimum Gasteiger partial charge on any atom is -0.459 e. The molecule has 1 fully saturated rings. The van der Waals surface area contributed by atoms with Crippen LogP contribution in [-0.2, 0) is 9.53 Å². The minimum atomic E-state index is -0.468. The van der Waals surface area contributed by atoms with Crippen LogP contribution in [0.3, 0.4) is 0 Å².